The molecule has 0 saturated carbocycles. The molecule has 7 heteroatoms. The topological polar surface area (TPSA) is 80.5 Å². The Hall–Kier alpha value is -2.77. The van der Waals surface area contributed by atoms with Crippen molar-refractivity contribution in [2.45, 2.75) is 39.7 Å². The van der Waals surface area contributed by atoms with Gasteiger partial charge in [-0.05, 0) is 31.4 Å². The molecule has 0 spiro atoms. The minimum atomic E-state index is -0.133. The predicted octanol–water partition coefficient (Wildman–Crippen LogP) is 3.77. The van der Waals surface area contributed by atoms with E-state index in [1.807, 2.05) is 26.8 Å². The number of benzene rings is 1. The highest BCUT2D eigenvalue weighted by Gasteiger charge is 2.25. The summed E-state index contributed by atoms with van der Waals surface area (Å²) in [5.74, 6) is 0.0428. The lowest BCUT2D eigenvalue weighted by atomic mass is 10.0. The molecule has 0 bridgehead atoms. The molecule has 2 aromatic heterocycles. The average molecular weight is 423 g/mol. The summed E-state index contributed by atoms with van der Waals surface area (Å²) in [6.07, 6.45) is 0. The summed E-state index contributed by atoms with van der Waals surface area (Å²) < 4.78 is 10.9. The fraction of sp³-hybridized carbons (Fsp3) is 0.458. The number of aryl methyl sites for hydroxylation is 2. The number of nitrogens with zero attached hydrogens (tertiary/aromatic N) is 3. The highest BCUT2D eigenvalue weighted by molar-refractivity contribution is 6.06. The van der Waals surface area contributed by atoms with E-state index in [0.29, 0.717) is 42.1 Å². The smallest absolute Gasteiger partial charge is 0.259 e. The quantitative estimate of drug-likeness (QED) is 0.651. The highest BCUT2D eigenvalue weighted by atomic mass is 16.5. The van der Waals surface area contributed by atoms with Crippen molar-refractivity contribution in [1.29, 1.82) is 0 Å². The number of ether oxygens (including phenoxy) is 1. The standard InChI is InChI=1S/C24H30N4O3/c1-15(2)20-13-19(22-17(4)27-31-24(22)26-20)23(29)25-14-21(28-8-10-30-11-9-28)18-7-5-6-16(3)12-18/h5-7,12-13,15,21H,8-11,14H2,1-4H3,(H,25,29). The fourth-order valence-corrected chi connectivity index (χ4v) is 4.10. The van der Waals surface area contributed by atoms with Gasteiger partial charge in [-0.15, -0.1) is 0 Å². The molecule has 1 saturated heterocycles. The fourth-order valence-electron chi connectivity index (χ4n) is 4.10. The molecular weight excluding hydrogens is 392 g/mol. The molecule has 1 atom stereocenters. The molecule has 0 radical (unpaired) electrons. The van der Waals surface area contributed by atoms with Crippen LogP contribution in [0.2, 0.25) is 0 Å². The van der Waals surface area contributed by atoms with E-state index in [-0.39, 0.29) is 17.9 Å². The second kappa shape index (κ2) is 9.16. The number of hydrogen-bond donors (Lipinski definition) is 1. The zero-order valence-corrected chi connectivity index (χ0v) is 18.6. The Morgan fingerprint density at radius 2 is 1.97 bits per heavy atom. The summed E-state index contributed by atoms with van der Waals surface area (Å²) in [6.45, 7) is 11.6. The summed E-state index contributed by atoms with van der Waals surface area (Å²) in [5.41, 5.74) is 4.88. The first-order chi connectivity index (χ1) is 14.9. The number of fused-ring (bicyclic) bond motifs is 1. The van der Waals surface area contributed by atoms with Crippen LogP contribution in [0, 0.1) is 13.8 Å². The molecule has 1 aromatic carbocycles. The van der Waals surface area contributed by atoms with Gasteiger partial charge in [0.25, 0.3) is 11.6 Å². The van der Waals surface area contributed by atoms with Crippen LogP contribution in [0.3, 0.4) is 0 Å². The third-order valence-corrected chi connectivity index (χ3v) is 5.84. The molecule has 7 nitrogen and oxygen atoms in total. The molecule has 31 heavy (non-hydrogen) atoms. The maximum absolute atomic E-state index is 13.3. The van der Waals surface area contributed by atoms with E-state index in [2.05, 4.69) is 51.5 Å². The maximum Gasteiger partial charge on any atom is 0.259 e. The normalized spacial score (nSPS) is 16.0. The number of carbonyl (C=O) groups excluding carboxylic acids is 1. The number of carbonyl (C=O) groups is 1. The lowest BCUT2D eigenvalue weighted by Crippen LogP contribution is -2.43. The summed E-state index contributed by atoms with van der Waals surface area (Å²) in [7, 11) is 0. The Bertz CT molecular complexity index is 1070. The van der Waals surface area contributed by atoms with Crippen LogP contribution >= 0.6 is 0 Å². The van der Waals surface area contributed by atoms with Crippen molar-refractivity contribution < 1.29 is 14.1 Å². The van der Waals surface area contributed by atoms with Gasteiger partial charge in [0.1, 0.15) is 0 Å². The van der Waals surface area contributed by atoms with Crippen LogP contribution in [-0.2, 0) is 4.74 Å². The van der Waals surface area contributed by atoms with Crippen LogP contribution in [0.15, 0.2) is 34.9 Å². The Balaban J connectivity index is 1.61. The largest absolute Gasteiger partial charge is 0.379 e. The lowest BCUT2D eigenvalue weighted by molar-refractivity contribution is 0.0162. The van der Waals surface area contributed by atoms with E-state index >= 15 is 0 Å². The summed E-state index contributed by atoms with van der Waals surface area (Å²) >= 11 is 0. The Labute approximate surface area is 182 Å². The molecule has 3 aromatic rings. The number of hydrogen-bond acceptors (Lipinski definition) is 6. The SMILES string of the molecule is Cc1cccc(C(CNC(=O)c2cc(C(C)C)nc3onc(C)c23)N2CCOCC2)c1. The summed E-state index contributed by atoms with van der Waals surface area (Å²) in [6, 6.07) is 10.4. The molecule has 164 valence electrons. The van der Waals surface area contributed by atoms with E-state index in [1.165, 1.54) is 11.1 Å². The zero-order chi connectivity index (χ0) is 22.0. The molecule has 1 aliphatic rings. The third-order valence-electron chi connectivity index (χ3n) is 5.84. The van der Waals surface area contributed by atoms with Crippen LogP contribution in [0.5, 0.6) is 0 Å². The highest BCUT2D eigenvalue weighted by Crippen LogP contribution is 2.26. The number of pyridine rings is 1. The van der Waals surface area contributed by atoms with E-state index in [1.54, 1.807) is 0 Å². The molecule has 1 N–H and O–H groups in total. The number of aromatic nitrogens is 2. The Morgan fingerprint density at radius 3 is 2.68 bits per heavy atom. The van der Waals surface area contributed by atoms with Crippen molar-refractivity contribution in [3.63, 3.8) is 0 Å². The van der Waals surface area contributed by atoms with Gasteiger partial charge in [0, 0.05) is 25.3 Å². The van der Waals surface area contributed by atoms with Gasteiger partial charge in [-0.2, -0.15) is 0 Å². The second-order valence-corrected chi connectivity index (χ2v) is 8.49. The van der Waals surface area contributed by atoms with Gasteiger partial charge < -0.3 is 14.6 Å². The second-order valence-electron chi connectivity index (χ2n) is 8.49. The number of morpholine rings is 1. The van der Waals surface area contributed by atoms with Crippen LogP contribution in [0.1, 0.15) is 58.7 Å². The van der Waals surface area contributed by atoms with Crippen LogP contribution in [0.4, 0.5) is 0 Å². The lowest BCUT2D eigenvalue weighted by Gasteiger charge is -2.35. The molecule has 1 aliphatic heterocycles. The van der Waals surface area contributed by atoms with Crippen molar-refractivity contribution in [2.75, 3.05) is 32.8 Å². The van der Waals surface area contributed by atoms with E-state index < -0.39 is 0 Å². The first-order valence-corrected chi connectivity index (χ1v) is 10.9. The van der Waals surface area contributed by atoms with E-state index in [9.17, 15) is 4.79 Å². The molecule has 1 fully saturated rings. The van der Waals surface area contributed by atoms with Crippen molar-refractivity contribution in [3.05, 3.63) is 58.4 Å². The van der Waals surface area contributed by atoms with Crippen LogP contribution in [-0.4, -0.2) is 53.8 Å². The Kier molecular flexibility index (Phi) is 6.34. The maximum atomic E-state index is 13.3. The Morgan fingerprint density at radius 1 is 1.19 bits per heavy atom. The van der Waals surface area contributed by atoms with Crippen molar-refractivity contribution >= 4 is 17.0 Å². The molecule has 0 aliphatic carbocycles. The minimum Gasteiger partial charge on any atom is -0.379 e. The minimum absolute atomic E-state index is 0.0817. The molecule has 1 unspecified atom stereocenters. The molecule has 1 amide bonds. The van der Waals surface area contributed by atoms with Crippen molar-refractivity contribution in [2.24, 2.45) is 0 Å². The van der Waals surface area contributed by atoms with Gasteiger partial charge >= 0.3 is 0 Å². The van der Waals surface area contributed by atoms with Crippen LogP contribution in [0.25, 0.3) is 11.1 Å². The van der Waals surface area contributed by atoms with Gasteiger partial charge in [0.05, 0.1) is 35.9 Å². The van der Waals surface area contributed by atoms with Gasteiger partial charge in [-0.25, -0.2) is 4.98 Å². The molecular formula is C24H30N4O3. The first kappa shape index (κ1) is 21.5. The summed E-state index contributed by atoms with van der Waals surface area (Å²) in [4.78, 5) is 20.2. The van der Waals surface area contributed by atoms with Gasteiger partial charge in [-0.1, -0.05) is 48.8 Å². The molecule has 3 heterocycles. The first-order valence-electron chi connectivity index (χ1n) is 10.9. The van der Waals surface area contributed by atoms with Gasteiger partial charge in [0.15, 0.2) is 0 Å². The van der Waals surface area contributed by atoms with Crippen molar-refractivity contribution in [1.82, 2.24) is 20.4 Å². The van der Waals surface area contributed by atoms with E-state index in [0.717, 1.165) is 18.8 Å². The zero-order valence-electron chi connectivity index (χ0n) is 18.6. The van der Waals surface area contributed by atoms with Crippen LogP contribution < -0.4 is 5.32 Å². The number of amides is 1. The average Bonchev–Trinajstić information content (AvgIpc) is 3.15. The van der Waals surface area contributed by atoms with E-state index in [4.69, 9.17) is 9.26 Å². The third kappa shape index (κ3) is 4.62. The van der Waals surface area contributed by atoms with Crippen molar-refractivity contribution in [3.8, 4) is 0 Å². The van der Waals surface area contributed by atoms with Gasteiger partial charge in [-0.3, -0.25) is 9.69 Å². The number of nitrogens with one attached hydrogen (secondary N) is 1. The monoisotopic (exact) mass is 422 g/mol. The van der Waals surface area contributed by atoms with Gasteiger partial charge in [0.2, 0.25) is 0 Å². The number of rotatable bonds is 6. The summed E-state index contributed by atoms with van der Waals surface area (Å²) in [5, 5.41) is 7.88. The molecule has 4 rings (SSSR count). The predicted molar refractivity (Wildman–Crippen MR) is 119 cm³/mol.